The van der Waals surface area contributed by atoms with Gasteiger partial charge in [0.15, 0.2) is 5.69 Å². The first-order chi connectivity index (χ1) is 12.5. The number of hydrogen-bond donors (Lipinski definition) is 0. The number of hydrogen-bond acceptors (Lipinski definition) is 4. The maximum Gasteiger partial charge on any atom is 0.275 e. The van der Waals surface area contributed by atoms with Gasteiger partial charge in [-0.2, -0.15) is 5.10 Å². The topological polar surface area (TPSA) is 50.6 Å². The average molecular weight is 375 g/mol. The molecule has 1 aromatic carbocycles. The van der Waals surface area contributed by atoms with Gasteiger partial charge in [-0.05, 0) is 30.7 Å². The lowest BCUT2D eigenvalue weighted by molar-refractivity contribution is 0.0761. The summed E-state index contributed by atoms with van der Waals surface area (Å²) in [7, 11) is 5.61. The van der Waals surface area contributed by atoms with Crippen molar-refractivity contribution in [2.24, 2.45) is 18.9 Å². The van der Waals surface area contributed by atoms with Crippen LogP contribution >= 0.6 is 11.6 Å². The van der Waals surface area contributed by atoms with E-state index in [9.17, 15) is 4.79 Å². The quantitative estimate of drug-likeness (QED) is 0.828. The van der Waals surface area contributed by atoms with E-state index in [1.807, 2.05) is 17.0 Å². The molecule has 2 aromatic rings. The summed E-state index contributed by atoms with van der Waals surface area (Å²) in [5.74, 6) is 1.68. The Bertz CT molecular complexity index is 819. The van der Waals surface area contributed by atoms with Crippen LogP contribution in [0.4, 0.5) is 0 Å². The summed E-state index contributed by atoms with van der Waals surface area (Å²) in [6.45, 7) is 2.48. The van der Waals surface area contributed by atoms with E-state index in [4.69, 9.17) is 16.3 Å². The highest BCUT2D eigenvalue weighted by molar-refractivity contribution is 6.33. The maximum atomic E-state index is 12.9. The van der Waals surface area contributed by atoms with Crippen LogP contribution < -0.4 is 4.74 Å². The average Bonchev–Trinajstić information content (AvgIpc) is 3.26. The van der Waals surface area contributed by atoms with Crippen molar-refractivity contribution in [3.05, 3.63) is 46.7 Å². The lowest BCUT2D eigenvalue weighted by Crippen LogP contribution is -2.33. The second kappa shape index (κ2) is 6.59. The van der Waals surface area contributed by atoms with E-state index >= 15 is 0 Å². The molecule has 6 nitrogen and oxygen atoms in total. The van der Waals surface area contributed by atoms with Crippen molar-refractivity contribution in [2.45, 2.75) is 6.04 Å². The first-order valence-electron chi connectivity index (χ1n) is 8.80. The minimum atomic E-state index is -0.0684. The molecule has 2 aliphatic rings. The third-order valence-electron chi connectivity index (χ3n) is 5.63. The standard InChI is InChI=1S/C19H23ClN4O2/c1-22-8-13-9-24(19(25)17-16(20)11-23(2)21-17)10-15(13)18(22)12-4-6-14(26-3)7-5-12/h4-7,11,13,15,18H,8-10H2,1-3H3/t13-,15+,18-/m0/s1. The van der Waals surface area contributed by atoms with Crippen LogP contribution in [0.3, 0.4) is 0 Å². The number of carbonyl (C=O) groups excluding carboxylic acids is 1. The van der Waals surface area contributed by atoms with Crippen molar-refractivity contribution in [1.82, 2.24) is 19.6 Å². The highest BCUT2D eigenvalue weighted by Gasteiger charge is 2.47. The Balaban J connectivity index is 1.54. The second-order valence-electron chi connectivity index (χ2n) is 7.29. The molecule has 0 radical (unpaired) electrons. The Morgan fingerprint density at radius 1 is 1.19 bits per heavy atom. The van der Waals surface area contributed by atoms with Crippen molar-refractivity contribution in [3.8, 4) is 5.75 Å². The molecule has 0 bridgehead atoms. The molecule has 2 saturated heterocycles. The monoisotopic (exact) mass is 374 g/mol. The van der Waals surface area contributed by atoms with E-state index in [1.54, 1.807) is 25.0 Å². The molecule has 3 atom stereocenters. The third-order valence-corrected chi connectivity index (χ3v) is 5.90. The fraction of sp³-hybridized carbons (Fsp3) is 0.474. The largest absolute Gasteiger partial charge is 0.497 e. The lowest BCUT2D eigenvalue weighted by Gasteiger charge is -2.26. The number of carbonyl (C=O) groups is 1. The van der Waals surface area contributed by atoms with Gasteiger partial charge in [-0.25, -0.2) is 0 Å². The molecule has 0 aliphatic carbocycles. The number of halogens is 1. The Labute approximate surface area is 158 Å². The van der Waals surface area contributed by atoms with Gasteiger partial charge >= 0.3 is 0 Å². The molecule has 0 N–H and O–H groups in total. The number of ether oxygens (including phenoxy) is 1. The van der Waals surface area contributed by atoms with E-state index in [0.717, 1.165) is 25.4 Å². The summed E-state index contributed by atoms with van der Waals surface area (Å²) < 4.78 is 6.85. The number of likely N-dealkylation sites (tertiary alicyclic amines) is 2. The molecule has 138 valence electrons. The third kappa shape index (κ3) is 2.87. The summed E-state index contributed by atoms with van der Waals surface area (Å²) in [5, 5.41) is 4.64. The van der Waals surface area contributed by atoms with Gasteiger partial charge < -0.3 is 9.64 Å². The van der Waals surface area contributed by atoms with E-state index in [2.05, 4.69) is 29.2 Å². The number of aryl methyl sites for hydroxylation is 1. The Kier molecular flexibility index (Phi) is 4.40. The summed E-state index contributed by atoms with van der Waals surface area (Å²) in [6, 6.07) is 8.57. The van der Waals surface area contributed by atoms with E-state index in [1.165, 1.54) is 5.56 Å². The molecule has 0 saturated carbocycles. The fourth-order valence-electron chi connectivity index (χ4n) is 4.48. The molecule has 1 aromatic heterocycles. The van der Waals surface area contributed by atoms with Gasteiger partial charge in [0.25, 0.3) is 5.91 Å². The van der Waals surface area contributed by atoms with Crippen molar-refractivity contribution >= 4 is 17.5 Å². The van der Waals surface area contributed by atoms with Gasteiger partial charge in [0.1, 0.15) is 5.75 Å². The van der Waals surface area contributed by atoms with Gasteiger partial charge in [-0.15, -0.1) is 0 Å². The highest BCUT2D eigenvalue weighted by atomic mass is 35.5. The van der Waals surface area contributed by atoms with E-state index < -0.39 is 0 Å². The molecule has 0 spiro atoms. The number of aromatic nitrogens is 2. The molecule has 1 amide bonds. The smallest absolute Gasteiger partial charge is 0.275 e. The predicted octanol–water partition coefficient (Wildman–Crippen LogP) is 2.46. The SMILES string of the molecule is COc1ccc([C@H]2[C@@H]3CN(C(=O)c4nn(C)cc4Cl)C[C@@H]3CN2C)cc1. The van der Waals surface area contributed by atoms with E-state index in [-0.39, 0.29) is 5.91 Å². The molecule has 0 unspecified atom stereocenters. The molecule has 3 heterocycles. The minimum Gasteiger partial charge on any atom is -0.497 e. The molecule has 4 rings (SSSR count). The van der Waals surface area contributed by atoms with Crippen LogP contribution in [-0.4, -0.2) is 59.3 Å². The zero-order valence-corrected chi connectivity index (χ0v) is 16.0. The second-order valence-corrected chi connectivity index (χ2v) is 7.70. The molecule has 26 heavy (non-hydrogen) atoms. The van der Waals surface area contributed by atoms with Gasteiger partial charge in [0, 0.05) is 44.8 Å². The van der Waals surface area contributed by atoms with Gasteiger partial charge in [0.05, 0.1) is 12.1 Å². The van der Waals surface area contributed by atoms with Crippen LogP contribution in [-0.2, 0) is 7.05 Å². The lowest BCUT2D eigenvalue weighted by atomic mass is 9.89. The number of benzene rings is 1. The van der Waals surface area contributed by atoms with Crippen LogP contribution in [0.25, 0.3) is 0 Å². The molecular formula is C19H23ClN4O2. The molecular weight excluding hydrogens is 352 g/mol. The normalized spacial score (nSPS) is 25.5. The fourth-order valence-corrected chi connectivity index (χ4v) is 4.74. The molecule has 7 heteroatoms. The van der Waals surface area contributed by atoms with Crippen LogP contribution in [0.5, 0.6) is 5.75 Å². The molecule has 2 aliphatic heterocycles. The number of fused-ring (bicyclic) bond motifs is 1. The van der Waals surface area contributed by atoms with Crippen LogP contribution in [0.1, 0.15) is 22.1 Å². The zero-order valence-electron chi connectivity index (χ0n) is 15.2. The summed E-state index contributed by atoms with van der Waals surface area (Å²) in [4.78, 5) is 17.2. The van der Waals surface area contributed by atoms with Gasteiger partial charge in [0.2, 0.25) is 0 Å². The van der Waals surface area contributed by atoms with Crippen LogP contribution in [0.2, 0.25) is 5.02 Å². The Hall–Kier alpha value is -2.05. The zero-order chi connectivity index (χ0) is 18.4. The van der Waals surface area contributed by atoms with E-state index in [0.29, 0.717) is 28.6 Å². The number of methoxy groups -OCH3 is 1. The van der Waals surface area contributed by atoms with Crippen LogP contribution in [0, 0.1) is 11.8 Å². The van der Waals surface area contributed by atoms with Crippen molar-refractivity contribution in [1.29, 1.82) is 0 Å². The number of rotatable bonds is 3. The van der Waals surface area contributed by atoms with Gasteiger partial charge in [-0.3, -0.25) is 14.4 Å². The van der Waals surface area contributed by atoms with Crippen LogP contribution in [0.15, 0.2) is 30.5 Å². The van der Waals surface area contributed by atoms with Gasteiger partial charge in [-0.1, -0.05) is 23.7 Å². The van der Waals surface area contributed by atoms with Crippen molar-refractivity contribution in [2.75, 3.05) is 33.8 Å². The first-order valence-corrected chi connectivity index (χ1v) is 9.18. The summed E-state index contributed by atoms with van der Waals surface area (Å²) in [6.07, 6.45) is 1.67. The first kappa shape index (κ1) is 17.4. The minimum absolute atomic E-state index is 0.0684. The maximum absolute atomic E-state index is 12.9. The summed E-state index contributed by atoms with van der Waals surface area (Å²) in [5.41, 5.74) is 1.62. The Morgan fingerprint density at radius 2 is 1.92 bits per heavy atom. The molecule has 2 fully saturated rings. The Morgan fingerprint density at radius 3 is 2.54 bits per heavy atom. The number of nitrogens with zero attached hydrogens (tertiary/aromatic N) is 4. The highest BCUT2D eigenvalue weighted by Crippen LogP contribution is 2.44. The number of amides is 1. The summed E-state index contributed by atoms with van der Waals surface area (Å²) >= 11 is 6.16. The van der Waals surface area contributed by atoms with Crippen molar-refractivity contribution < 1.29 is 9.53 Å². The van der Waals surface area contributed by atoms with Crippen molar-refractivity contribution in [3.63, 3.8) is 0 Å². The predicted molar refractivity (Wildman–Crippen MR) is 99.5 cm³/mol.